The van der Waals surface area contributed by atoms with Gasteiger partial charge in [0.25, 0.3) is 0 Å². The average Bonchev–Trinajstić information content (AvgIpc) is 3.01. The smallest absolute Gasteiger partial charge is 0.312 e. The van der Waals surface area contributed by atoms with Crippen LogP contribution in [-0.2, 0) is 23.7 Å². The average molecular weight is 226 g/mol. The first-order valence-corrected chi connectivity index (χ1v) is 5.44. The van der Waals surface area contributed by atoms with Gasteiger partial charge < -0.3 is 18.9 Å². The highest BCUT2D eigenvalue weighted by molar-refractivity contribution is 5.75. The molecule has 3 rings (SSSR count). The minimum atomic E-state index is -0.770. The van der Waals surface area contributed by atoms with E-state index in [-0.39, 0.29) is 18.0 Å². The van der Waals surface area contributed by atoms with Gasteiger partial charge in [-0.05, 0) is 12.5 Å². The molecule has 0 saturated carbocycles. The minimum Gasteiger partial charge on any atom is -0.469 e. The zero-order valence-electron chi connectivity index (χ0n) is 9.05. The number of hydrogen-bond acceptors (Lipinski definition) is 5. The lowest BCUT2D eigenvalue weighted by atomic mass is 9.82. The van der Waals surface area contributed by atoms with Crippen LogP contribution in [0.3, 0.4) is 0 Å². The van der Waals surface area contributed by atoms with E-state index in [1.54, 1.807) is 0 Å². The first-order valence-electron chi connectivity index (χ1n) is 5.44. The summed E-state index contributed by atoms with van der Waals surface area (Å²) in [4.78, 5) is 11.7. The van der Waals surface area contributed by atoms with Crippen molar-refractivity contribution in [3.8, 4) is 0 Å². The molecule has 0 aromatic carbocycles. The molecule has 0 aromatic heterocycles. The number of carbonyl (C=O) groups is 1. The number of fused-ring (bicyclic) bond motifs is 2. The van der Waals surface area contributed by atoms with Crippen molar-refractivity contribution in [3.63, 3.8) is 0 Å². The summed E-state index contributed by atoms with van der Waals surface area (Å²) in [6.07, 6.45) is 3.99. The molecular formula is C11H14O5. The monoisotopic (exact) mass is 226 g/mol. The van der Waals surface area contributed by atoms with Crippen molar-refractivity contribution in [1.82, 2.24) is 0 Å². The zero-order valence-corrected chi connectivity index (χ0v) is 9.05. The lowest BCUT2D eigenvalue weighted by molar-refractivity contribution is -0.188. The molecule has 16 heavy (non-hydrogen) atoms. The van der Waals surface area contributed by atoms with Crippen LogP contribution in [0, 0.1) is 5.92 Å². The summed E-state index contributed by atoms with van der Waals surface area (Å²) >= 11 is 0. The predicted molar refractivity (Wildman–Crippen MR) is 52.6 cm³/mol. The molecule has 2 saturated heterocycles. The van der Waals surface area contributed by atoms with Gasteiger partial charge in [-0.3, -0.25) is 4.79 Å². The van der Waals surface area contributed by atoms with Gasteiger partial charge in [0.2, 0.25) is 0 Å². The quantitative estimate of drug-likeness (QED) is 0.499. The van der Waals surface area contributed by atoms with E-state index in [0.717, 1.165) is 0 Å². The van der Waals surface area contributed by atoms with E-state index in [0.29, 0.717) is 19.6 Å². The number of esters is 1. The van der Waals surface area contributed by atoms with Crippen LogP contribution in [0.1, 0.15) is 6.42 Å². The lowest BCUT2D eigenvalue weighted by Gasteiger charge is -2.32. The molecule has 88 valence electrons. The Bertz CT molecular complexity index is 333. The van der Waals surface area contributed by atoms with Crippen LogP contribution in [0.2, 0.25) is 0 Å². The van der Waals surface area contributed by atoms with Crippen LogP contribution in [0.4, 0.5) is 0 Å². The Morgan fingerprint density at radius 1 is 1.44 bits per heavy atom. The fourth-order valence-electron chi connectivity index (χ4n) is 2.68. The molecule has 0 spiro atoms. The third-order valence-electron chi connectivity index (χ3n) is 3.42. The first kappa shape index (κ1) is 10.3. The van der Waals surface area contributed by atoms with Crippen LogP contribution < -0.4 is 0 Å². The van der Waals surface area contributed by atoms with Crippen molar-refractivity contribution < 1.29 is 23.7 Å². The standard InChI is InChI=1S/C11H14O5/c1-13-9(12)8-6-7-2-3-11(8,16-7)10-14-4-5-15-10/h2-3,7-8,10H,4-6H2,1H3/t7?,8-,11+/m1/s1. The molecule has 1 unspecified atom stereocenters. The number of hydrogen-bond donors (Lipinski definition) is 0. The van der Waals surface area contributed by atoms with E-state index in [2.05, 4.69) is 0 Å². The fraction of sp³-hybridized carbons (Fsp3) is 0.727. The summed E-state index contributed by atoms with van der Waals surface area (Å²) in [6, 6.07) is 0. The van der Waals surface area contributed by atoms with Gasteiger partial charge in [-0.1, -0.05) is 6.08 Å². The maximum absolute atomic E-state index is 11.7. The van der Waals surface area contributed by atoms with E-state index < -0.39 is 11.9 Å². The van der Waals surface area contributed by atoms with E-state index in [4.69, 9.17) is 18.9 Å². The van der Waals surface area contributed by atoms with Gasteiger partial charge in [0, 0.05) is 0 Å². The number of ether oxygens (including phenoxy) is 4. The summed E-state index contributed by atoms with van der Waals surface area (Å²) in [7, 11) is 1.39. The summed E-state index contributed by atoms with van der Waals surface area (Å²) in [5, 5.41) is 0. The third-order valence-corrected chi connectivity index (χ3v) is 3.42. The molecule has 0 amide bonds. The molecule has 0 aromatic rings. The van der Waals surface area contributed by atoms with E-state index >= 15 is 0 Å². The zero-order chi connectivity index (χ0) is 11.2. The van der Waals surface area contributed by atoms with Gasteiger partial charge in [0.15, 0.2) is 11.9 Å². The summed E-state index contributed by atoms with van der Waals surface area (Å²) in [6.45, 7) is 1.09. The Morgan fingerprint density at radius 2 is 2.19 bits per heavy atom. The molecule has 3 aliphatic heterocycles. The molecule has 0 aliphatic carbocycles. The Hall–Kier alpha value is -0.910. The topological polar surface area (TPSA) is 54.0 Å². The van der Waals surface area contributed by atoms with Crippen molar-refractivity contribution in [3.05, 3.63) is 12.2 Å². The van der Waals surface area contributed by atoms with Gasteiger partial charge in [0.1, 0.15) is 0 Å². The van der Waals surface area contributed by atoms with Crippen LogP contribution in [0.15, 0.2) is 12.2 Å². The highest BCUT2D eigenvalue weighted by atomic mass is 16.7. The van der Waals surface area contributed by atoms with Crippen molar-refractivity contribution in [2.75, 3.05) is 20.3 Å². The second kappa shape index (κ2) is 3.55. The third kappa shape index (κ3) is 1.25. The Balaban J connectivity index is 1.90. The SMILES string of the molecule is COC(=O)[C@H]1CC2C=C[C@]1(C1OCCO1)O2. The second-order valence-corrected chi connectivity index (χ2v) is 4.25. The van der Waals surface area contributed by atoms with E-state index in [9.17, 15) is 4.79 Å². The van der Waals surface area contributed by atoms with Gasteiger partial charge in [0.05, 0.1) is 32.3 Å². The molecule has 0 N–H and O–H groups in total. The largest absolute Gasteiger partial charge is 0.469 e. The van der Waals surface area contributed by atoms with E-state index in [1.807, 2.05) is 12.2 Å². The summed E-state index contributed by atoms with van der Waals surface area (Å²) in [5.41, 5.74) is -0.770. The van der Waals surface area contributed by atoms with Crippen molar-refractivity contribution in [2.45, 2.75) is 24.4 Å². The predicted octanol–water partition coefficient (Wildman–Crippen LogP) is 0.246. The normalized spacial score (nSPS) is 41.8. The molecule has 2 fully saturated rings. The Labute approximate surface area is 93.3 Å². The van der Waals surface area contributed by atoms with Crippen LogP contribution >= 0.6 is 0 Å². The van der Waals surface area contributed by atoms with Crippen molar-refractivity contribution in [2.24, 2.45) is 5.92 Å². The molecule has 3 aliphatic rings. The molecule has 5 heteroatoms. The van der Waals surface area contributed by atoms with Crippen LogP contribution in [-0.4, -0.2) is 44.3 Å². The van der Waals surface area contributed by atoms with Gasteiger partial charge in [-0.25, -0.2) is 0 Å². The number of rotatable bonds is 2. The second-order valence-electron chi connectivity index (χ2n) is 4.25. The Kier molecular flexibility index (Phi) is 2.27. The van der Waals surface area contributed by atoms with Crippen LogP contribution in [0.5, 0.6) is 0 Å². The van der Waals surface area contributed by atoms with Crippen molar-refractivity contribution >= 4 is 5.97 Å². The fourth-order valence-corrected chi connectivity index (χ4v) is 2.68. The van der Waals surface area contributed by atoms with Gasteiger partial charge in [-0.15, -0.1) is 0 Å². The number of methoxy groups -OCH3 is 1. The van der Waals surface area contributed by atoms with Crippen molar-refractivity contribution in [1.29, 1.82) is 0 Å². The number of carbonyl (C=O) groups excluding carboxylic acids is 1. The maximum atomic E-state index is 11.7. The highest BCUT2D eigenvalue weighted by Gasteiger charge is 2.60. The highest BCUT2D eigenvalue weighted by Crippen LogP contribution is 2.47. The summed E-state index contributed by atoms with van der Waals surface area (Å²) in [5.74, 6) is -0.582. The van der Waals surface area contributed by atoms with Crippen LogP contribution in [0.25, 0.3) is 0 Å². The minimum absolute atomic E-state index is 0.0168. The molecule has 3 atom stereocenters. The Morgan fingerprint density at radius 3 is 2.81 bits per heavy atom. The van der Waals surface area contributed by atoms with E-state index in [1.165, 1.54) is 7.11 Å². The molecule has 5 nitrogen and oxygen atoms in total. The summed E-state index contributed by atoms with van der Waals surface area (Å²) < 4.78 is 21.6. The first-order chi connectivity index (χ1) is 7.76. The molecule has 0 radical (unpaired) electrons. The molecule has 3 heterocycles. The molecular weight excluding hydrogens is 212 g/mol. The van der Waals surface area contributed by atoms with Gasteiger partial charge >= 0.3 is 5.97 Å². The van der Waals surface area contributed by atoms with Gasteiger partial charge in [-0.2, -0.15) is 0 Å². The molecule has 2 bridgehead atoms. The lowest BCUT2D eigenvalue weighted by Crippen LogP contribution is -2.48. The maximum Gasteiger partial charge on any atom is 0.312 e.